The van der Waals surface area contributed by atoms with Gasteiger partial charge in [0.25, 0.3) is 0 Å². The standard InChI is InChI=1S/C14H14ClN3OS/c15-7-10(19)8-16-9-3-4-11-12(6-9)18-14(17-11)13-2-1-5-20-13/h1-6,10,16,19H,7-8H2,(H,17,18). The van der Waals surface area contributed by atoms with E-state index < -0.39 is 6.10 Å². The second-order valence-corrected chi connectivity index (χ2v) is 5.74. The van der Waals surface area contributed by atoms with Gasteiger partial charge in [-0.05, 0) is 29.6 Å². The Morgan fingerprint density at radius 1 is 1.40 bits per heavy atom. The summed E-state index contributed by atoms with van der Waals surface area (Å²) in [7, 11) is 0. The number of nitrogens with one attached hydrogen (secondary N) is 2. The smallest absolute Gasteiger partial charge is 0.148 e. The zero-order valence-corrected chi connectivity index (χ0v) is 12.2. The number of aromatic amines is 1. The molecular weight excluding hydrogens is 294 g/mol. The minimum absolute atomic E-state index is 0.224. The monoisotopic (exact) mass is 307 g/mol. The SMILES string of the molecule is OC(CCl)CNc1ccc2nc(-c3cccs3)[nH]c2c1. The highest BCUT2D eigenvalue weighted by Gasteiger charge is 2.07. The molecule has 3 N–H and O–H groups in total. The van der Waals surface area contributed by atoms with Gasteiger partial charge in [0.15, 0.2) is 0 Å². The minimum atomic E-state index is -0.546. The van der Waals surface area contributed by atoms with Crippen LogP contribution in [-0.4, -0.2) is 33.6 Å². The van der Waals surface area contributed by atoms with Crippen molar-refractivity contribution in [2.45, 2.75) is 6.10 Å². The number of benzene rings is 1. The normalized spacial score (nSPS) is 12.7. The van der Waals surface area contributed by atoms with Crippen LogP contribution in [0.15, 0.2) is 35.7 Å². The number of anilines is 1. The Morgan fingerprint density at radius 2 is 2.30 bits per heavy atom. The van der Waals surface area contributed by atoms with Gasteiger partial charge in [0.1, 0.15) is 5.82 Å². The molecule has 0 saturated carbocycles. The number of imidazole rings is 1. The van der Waals surface area contributed by atoms with Crippen LogP contribution in [-0.2, 0) is 0 Å². The highest BCUT2D eigenvalue weighted by Crippen LogP contribution is 2.25. The van der Waals surface area contributed by atoms with Crippen LogP contribution >= 0.6 is 22.9 Å². The molecule has 3 rings (SSSR count). The summed E-state index contributed by atoms with van der Waals surface area (Å²) >= 11 is 7.22. The van der Waals surface area contributed by atoms with E-state index in [9.17, 15) is 5.11 Å². The van der Waals surface area contributed by atoms with Crippen molar-refractivity contribution in [2.24, 2.45) is 0 Å². The first-order chi connectivity index (χ1) is 9.76. The molecule has 4 nitrogen and oxygen atoms in total. The fourth-order valence-corrected chi connectivity index (χ4v) is 2.72. The van der Waals surface area contributed by atoms with E-state index in [0.717, 1.165) is 27.4 Å². The van der Waals surface area contributed by atoms with E-state index in [1.165, 1.54) is 0 Å². The van der Waals surface area contributed by atoms with E-state index in [1.54, 1.807) is 11.3 Å². The number of rotatable bonds is 5. The topological polar surface area (TPSA) is 60.9 Å². The molecule has 2 heterocycles. The van der Waals surface area contributed by atoms with E-state index in [0.29, 0.717) is 6.54 Å². The van der Waals surface area contributed by atoms with Crippen LogP contribution in [0.25, 0.3) is 21.7 Å². The number of nitrogens with zero attached hydrogens (tertiary/aromatic N) is 1. The number of H-pyrrole nitrogens is 1. The number of halogens is 1. The number of alkyl halides is 1. The summed E-state index contributed by atoms with van der Waals surface area (Å²) in [5, 5.41) is 14.6. The van der Waals surface area contributed by atoms with Crippen molar-refractivity contribution in [3.63, 3.8) is 0 Å². The van der Waals surface area contributed by atoms with Crippen LogP contribution in [0.4, 0.5) is 5.69 Å². The van der Waals surface area contributed by atoms with E-state index in [-0.39, 0.29) is 5.88 Å². The predicted molar refractivity (Wildman–Crippen MR) is 84.6 cm³/mol. The van der Waals surface area contributed by atoms with E-state index in [1.807, 2.05) is 35.7 Å². The van der Waals surface area contributed by atoms with Gasteiger partial charge in [-0.3, -0.25) is 0 Å². The van der Waals surface area contributed by atoms with Gasteiger partial charge in [0, 0.05) is 12.2 Å². The molecule has 3 aromatic rings. The van der Waals surface area contributed by atoms with Crippen LogP contribution in [0.3, 0.4) is 0 Å². The zero-order chi connectivity index (χ0) is 13.9. The molecule has 0 aliphatic rings. The van der Waals surface area contributed by atoms with Gasteiger partial charge in [-0.25, -0.2) is 4.98 Å². The number of aliphatic hydroxyl groups is 1. The Bertz CT molecular complexity index is 696. The lowest BCUT2D eigenvalue weighted by Gasteiger charge is -2.09. The van der Waals surface area contributed by atoms with Crippen molar-refractivity contribution >= 4 is 39.7 Å². The average Bonchev–Trinajstić information content (AvgIpc) is 3.12. The Kier molecular flexibility index (Phi) is 3.91. The van der Waals surface area contributed by atoms with Crippen LogP contribution in [0, 0.1) is 0 Å². The first-order valence-electron chi connectivity index (χ1n) is 6.28. The molecule has 0 bridgehead atoms. The molecular formula is C14H14ClN3OS. The predicted octanol–water partition coefficient (Wildman–Crippen LogP) is 3.30. The maximum atomic E-state index is 9.45. The molecule has 2 aromatic heterocycles. The van der Waals surface area contributed by atoms with Crippen LogP contribution in [0.2, 0.25) is 0 Å². The molecule has 0 fully saturated rings. The molecule has 1 unspecified atom stereocenters. The minimum Gasteiger partial charge on any atom is -0.390 e. The van der Waals surface area contributed by atoms with Gasteiger partial charge < -0.3 is 15.4 Å². The van der Waals surface area contributed by atoms with Crippen LogP contribution in [0.5, 0.6) is 0 Å². The summed E-state index contributed by atoms with van der Waals surface area (Å²) in [6, 6.07) is 9.94. The first-order valence-corrected chi connectivity index (χ1v) is 7.69. The summed E-state index contributed by atoms with van der Waals surface area (Å²) in [6.45, 7) is 0.431. The van der Waals surface area contributed by atoms with Gasteiger partial charge in [0.05, 0.1) is 27.9 Å². The Labute approximate surface area is 125 Å². The number of fused-ring (bicyclic) bond motifs is 1. The second-order valence-electron chi connectivity index (χ2n) is 4.48. The molecule has 1 atom stereocenters. The summed E-state index contributed by atoms with van der Waals surface area (Å²) in [6.07, 6.45) is -0.546. The van der Waals surface area contributed by atoms with Gasteiger partial charge in [-0.1, -0.05) is 6.07 Å². The highest BCUT2D eigenvalue weighted by molar-refractivity contribution is 7.13. The fraction of sp³-hybridized carbons (Fsp3) is 0.214. The molecule has 0 saturated heterocycles. The number of hydrogen-bond donors (Lipinski definition) is 3. The van der Waals surface area contributed by atoms with Crippen LogP contribution < -0.4 is 5.32 Å². The van der Waals surface area contributed by atoms with Gasteiger partial charge >= 0.3 is 0 Å². The van der Waals surface area contributed by atoms with Gasteiger partial charge in [-0.15, -0.1) is 22.9 Å². The third kappa shape index (κ3) is 2.80. The zero-order valence-electron chi connectivity index (χ0n) is 10.6. The third-order valence-corrected chi connectivity index (χ3v) is 4.19. The van der Waals surface area contributed by atoms with Crippen molar-refractivity contribution in [1.29, 1.82) is 0 Å². The number of thiophene rings is 1. The summed E-state index contributed by atoms with van der Waals surface area (Å²) < 4.78 is 0. The lowest BCUT2D eigenvalue weighted by molar-refractivity contribution is 0.211. The van der Waals surface area contributed by atoms with Crippen molar-refractivity contribution in [1.82, 2.24) is 9.97 Å². The quantitative estimate of drug-likeness (QED) is 0.634. The highest BCUT2D eigenvalue weighted by atomic mass is 35.5. The molecule has 0 spiro atoms. The lowest BCUT2D eigenvalue weighted by Crippen LogP contribution is -2.20. The average molecular weight is 308 g/mol. The molecule has 0 amide bonds. The molecule has 20 heavy (non-hydrogen) atoms. The Morgan fingerprint density at radius 3 is 3.05 bits per heavy atom. The second kappa shape index (κ2) is 5.83. The lowest BCUT2D eigenvalue weighted by atomic mass is 10.2. The van der Waals surface area contributed by atoms with Crippen LogP contribution in [0.1, 0.15) is 0 Å². The van der Waals surface area contributed by atoms with Crippen molar-refractivity contribution in [3.8, 4) is 10.7 Å². The summed E-state index contributed by atoms with van der Waals surface area (Å²) in [5.74, 6) is 1.11. The molecule has 0 radical (unpaired) electrons. The largest absolute Gasteiger partial charge is 0.390 e. The molecule has 1 aromatic carbocycles. The number of aliphatic hydroxyl groups excluding tert-OH is 1. The van der Waals surface area contributed by atoms with E-state index in [2.05, 4.69) is 15.3 Å². The van der Waals surface area contributed by atoms with Crippen molar-refractivity contribution in [2.75, 3.05) is 17.7 Å². The first kappa shape index (κ1) is 13.4. The molecule has 0 aliphatic carbocycles. The Balaban J connectivity index is 1.84. The number of hydrogen-bond acceptors (Lipinski definition) is 4. The molecule has 0 aliphatic heterocycles. The van der Waals surface area contributed by atoms with E-state index >= 15 is 0 Å². The van der Waals surface area contributed by atoms with E-state index in [4.69, 9.17) is 11.6 Å². The Hall–Kier alpha value is -1.56. The van der Waals surface area contributed by atoms with Gasteiger partial charge in [-0.2, -0.15) is 0 Å². The third-order valence-electron chi connectivity index (χ3n) is 2.96. The maximum Gasteiger partial charge on any atom is 0.148 e. The number of aromatic nitrogens is 2. The van der Waals surface area contributed by atoms with Crippen molar-refractivity contribution in [3.05, 3.63) is 35.7 Å². The summed E-state index contributed by atoms with van der Waals surface area (Å²) in [5.41, 5.74) is 2.83. The fourth-order valence-electron chi connectivity index (χ4n) is 1.94. The summed E-state index contributed by atoms with van der Waals surface area (Å²) in [4.78, 5) is 8.99. The van der Waals surface area contributed by atoms with Crippen molar-refractivity contribution < 1.29 is 5.11 Å². The molecule has 104 valence electrons. The molecule has 6 heteroatoms. The van der Waals surface area contributed by atoms with Gasteiger partial charge in [0.2, 0.25) is 0 Å². The maximum absolute atomic E-state index is 9.45.